The van der Waals surface area contributed by atoms with Gasteiger partial charge in [-0.3, -0.25) is 14.3 Å². The molecule has 0 bridgehead atoms. The lowest BCUT2D eigenvalue weighted by Gasteiger charge is -2.46. The Kier molecular flexibility index (Phi) is 6.48. The van der Waals surface area contributed by atoms with E-state index >= 15 is 4.39 Å². The molecule has 2 aliphatic rings. The standard InChI is InChI=1S/C30H28ClF2N5O2/c1-16-12-36-24(20-7-8-35-28(27(20)33)37-14-30(40,13-34)15-37)11-25(16)38-17(2)9-23(26(31)29(38)39)22-10-21(22)18-3-5-19(32)6-4-18/h3-9,11-12,21-22,40H,10,13-15,34H2,1-2H3/t21-,22+/m1/s1. The predicted octanol–water partition coefficient (Wildman–Crippen LogP) is 4.62. The van der Waals surface area contributed by atoms with E-state index in [0.29, 0.717) is 17.1 Å². The van der Waals surface area contributed by atoms with Gasteiger partial charge in [-0.25, -0.2) is 13.8 Å². The lowest BCUT2D eigenvalue weighted by atomic mass is 9.94. The van der Waals surface area contributed by atoms with Gasteiger partial charge < -0.3 is 15.7 Å². The van der Waals surface area contributed by atoms with Crippen molar-refractivity contribution in [3.8, 4) is 16.9 Å². The average Bonchev–Trinajstić information content (AvgIpc) is 3.71. The normalized spacial score (nSPS) is 19.4. The molecule has 1 aromatic carbocycles. The smallest absolute Gasteiger partial charge is 0.274 e. The second kappa shape index (κ2) is 9.76. The van der Waals surface area contributed by atoms with E-state index in [0.717, 1.165) is 23.1 Å². The van der Waals surface area contributed by atoms with Gasteiger partial charge in [-0.1, -0.05) is 23.7 Å². The van der Waals surface area contributed by atoms with Gasteiger partial charge in [-0.05, 0) is 79.1 Å². The SMILES string of the molecule is Cc1cnc(-c2ccnc(N3CC(O)(CN)C3)c2F)cc1-n1c(C)cc([C@H]2C[C@@H]2c2ccc(F)cc2)c(Cl)c1=O. The van der Waals surface area contributed by atoms with Gasteiger partial charge >= 0.3 is 0 Å². The molecule has 3 N–H and O–H groups in total. The zero-order chi connectivity index (χ0) is 28.3. The Morgan fingerprint density at radius 3 is 2.52 bits per heavy atom. The molecule has 6 rings (SSSR count). The van der Waals surface area contributed by atoms with Crippen molar-refractivity contribution in [2.75, 3.05) is 24.5 Å². The summed E-state index contributed by atoms with van der Waals surface area (Å²) in [5.41, 5.74) is 8.50. The number of anilines is 1. The largest absolute Gasteiger partial charge is 0.385 e. The maximum Gasteiger partial charge on any atom is 0.274 e. The van der Waals surface area contributed by atoms with Crippen LogP contribution in [0.5, 0.6) is 0 Å². The monoisotopic (exact) mass is 563 g/mol. The first-order valence-corrected chi connectivity index (χ1v) is 13.4. The zero-order valence-corrected chi connectivity index (χ0v) is 22.8. The van der Waals surface area contributed by atoms with Crippen LogP contribution < -0.4 is 16.2 Å². The van der Waals surface area contributed by atoms with Gasteiger partial charge in [0.1, 0.15) is 16.4 Å². The minimum atomic E-state index is -1.05. The Balaban J connectivity index is 1.34. The molecule has 10 heteroatoms. The number of halogens is 3. The van der Waals surface area contributed by atoms with E-state index in [1.54, 1.807) is 29.3 Å². The van der Waals surface area contributed by atoms with Crippen LogP contribution in [-0.4, -0.2) is 44.9 Å². The molecular weight excluding hydrogens is 536 g/mol. The summed E-state index contributed by atoms with van der Waals surface area (Å²) in [4.78, 5) is 23.9. The van der Waals surface area contributed by atoms with E-state index in [9.17, 15) is 14.3 Å². The van der Waals surface area contributed by atoms with Crippen molar-refractivity contribution in [3.63, 3.8) is 0 Å². The number of benzene rings is 1. The molecule has 206 valence electrons. The molecule has 2 fully saturated rings. The van der Waals surface area contributed by atoms with Crippen molar-refractivity contribution >= 4 is 17.4 Å². The summed E-state index contributed by atoms with van der Waals surface area (Å²) in [7, 11) is 0. The van der Waals surface area contributed by atoms with Gasteiger partial charge in [0.15, 0.2) is 11.6 Å². The fraction of sp³-hybridized carbons (Fsp3) is 0.300. The van der Waals surface area contributed by atoms with Gasteiger partial charge in [-0.15, -0.1) is 0 Å². The fourth-order valence-electron chi connectivity index (χ4n) is 5.62. The highest BCUT2D eigenvalue weighted by atomic mass is 35.5. The van der Waals surface area contributed by atoms with Gasteiger partial charge in [0.25, 0.3) is 5.56 Å². The molecule has 7 nitrogen and oxygen atoms in total. The number of hydrogen-bond donors (Lipinski definition) is 2. The number of pyridine rings is 3. The van der Waals surface area contributed by atoms with Crippen LogP contribution in [0.3, 0.4) is 0 Å². The first-order valence-electron chi connectivity index (χ1n) is 13.1. The highest BCUT2D eigenvalue weighted by Crippen LogP contribution is 2.55. The summed E-state index contributed by atoms with van der Waals surface area (Å²) in [5, 5.41) is 10.4. The number of nitrogens with two attached hydrogens (primary N) is 1. The second-order valence-electron chi connectivity index (χ2n) is 10.8. The van der Waals surface area contributed by atoms with Crippen molar-refractivity contribution < 1.29 is 13.9 Å². The third-order valence-corrected chi connectivity index (χ3v) is 8.34. The van der Waals surface area contributed by atoms with E-state index in [2.05, 4.69) is 9.97 Å². The topological polar surface area (TPSA) is 97.3 Å². The van der Waals surface area contributed by atoms with E-state index in [1.165, 1.54) is 29.0 Å². The van der Waals surface area contributed by atoms with E-state index < -0.39 is 11.4 Å². The number of nitrogens with zero attached hydrogens (tertiary/aromatic N) is 4. The average molecular weight is 564 g/mol. The number of rotatable bonds is 6. The van der Waals surface area contributed by atoms with Crippen LogP contribution in [0, 0.1) is 25.5 Å². The lowest BCUT2D eigenvalue weighted by Crippen LogP contribution is -2.66. The van der Waals surface area contributed by atoms with Crippen molar-refractivity contribution in [3.05, 3.63) is 104 Å². The van der Waals surface area contributed by atoms with Crippen LogP contribution in [-0.2, 0) is 0 Å². The molecule has 40 heavy (non-hydrogen) atoms. The van der Waals surface area contributed by atoms with Crippen LogP contribution in [0.2, 0.25) is 5.02 Å². The molecule has 1 saturated carbocycles. The number of β-amino-alcohol motifs (C(OH)–C–C–N with tert-alkyl or cyclic N) is 1. The van der Waals surface area contributed by atoms with Crippen LogP contribution in [0.1, 0.15) is 40.6 Å². The Morgan fingerprint density at radius 1 is 1.10 bits per heavy atom. The molecule has 2 atom stereocenters. The lowest BCUT2D eigenvalue weighted by molar-refractivity contribution is 0.0200. The number of hydrogen-bond acceptors (Lipinski definition) is 6. The molecule has 1 aliphatic carbocycles. The van der Waals surface area contributed by atoms with Gasteiger partial charge in [-0.2, -0.15) is 0 Å². The summed E-state index contributed by atoms with van der Waals surface area (Å²) in [5.74, 6) is -0.483. The molecule has 0 amide bonds. The van der Waals surface area contributed by atoms with Crippen LogP contribution in [0.25, 0.3) is 16.9 Å². The van der Waals surface area contributed by atoms with Crippen LogP contribution in [0.4, 0.5) is 14.6 Å². The van der Waals surface area contributed by atoms with Gasteiger partial charge in [0.2, 0.25) is 0 Å². The molecule has 1 saturated heterocycles. The van der Waals surface area contributed by atoms with Crippen LogP contribution in [0.15, 0.2) is 59.7 Å². The zero-order valence-electron chi connectivity index (χ0n) is 22.0. The van der Waals surface area contributed by atoms with Crippen molar-refractivity contribution in [2.45, 2.75) is 37.7 Å². The minimum Gasteiger partial charge on any atom is -0.385 e. The molecule has 0 radical (unpaired) electrons. The number of aromatic nitrogens is 3. The molecule has 0 spiro atoms. The van der Waals surface area contributed by atoms with Gasteiger partial charge in [0.05, 0.1) is 24.5 Å². The molecular formula is C30H28ClF2N5O2. The van der Waals surface area contributed by atoms with Crippen molar-refractivity contribution in [2.24, 2.45) is 5.73 Å². The first kappa shape index (κ1) is 26.6. The second-order valence-corrected chi connectivity index (χ2v) is 11.2. The summed E-state index contributed by atoms with van der Waals surface area (Å²) in [6.07, 6.45) is 3.92. The quantitative estimate of drug-likeness (QED) is 0.355. The highest BCUT2D eigenvalue weighted by molar-refractivity contribution is 6.31. The summed E-state index contributed by atoms with van der Waals surface area (Å²) in [6, 6.07) is 11.6. The molecule has 3 aromatic heterocycles. The molecule has 4 heterocycles. The molecule has 4 aromatic rings. The summed E-state index contributed by atoms with van der Waals surface area (Å²) < 4.78 is 30.5. The first-order chi connectivity index (χ1) is 19.1. The number of aryl methyl sites for hydroxylation is 2. The van der Waals surface area contributed by atoms with E-state index in [-0.39, 0.29) is 59.3 Å². The molecule has 1 aliphatic heterocycles. The Hall–Kier alpha value is -3.66. The predicted molar refractivity (Wildman–Crippen MR) is 150 cm³/mol. The Labute approximate surface area is 234 Å². The van der Waals surface area contributed by atoms with E-state index in [4.69, 9.17) is 17.3 Å². The third kappa shape index (κ3) is 4.48. The van der Waals surface area contributed by atoms with Gasteiger partial charge in [0, 0.05) is 30.2 Å². The summed E-state index contributed by atoms with van der Waals surface area (Å²) in [6.45, 7) is 4.12. The fourth-order valence-corrected chi connectivity index (χ4v) is 5.90. The van der Waals surface area contributed by atoms with Crippen molar-refractivity contribution in [1.82, 2.24) is 14.5 Å². The highest BCUT2D eigenvalue weighted by Gasteiger charge is 2.42. The summed E-state index contributed by atoms with van der Waals surface area (Å²) >= 11 is 6.67. The Bertz CT molecular complexity index is 1690. The Morgan fingerprint density at radius 2 is 1.82 bits per heavy atom. The molecule has 0 unspecified atom stereocenters. The third-order valence-electron chi connectivity index (χ3n) is 7.96. The van der Waals surface area contributed by atoms with E-state index in [1.807, 2.05) is 19.9 Å². The van der Waals surface area contributed by atoms with Crippen LogP contribution >= 0.6 is 11.6 Å². The number of aliphatic hydroxyl groups is 1. The van der Waals surface area contributed by atoms with Crippen molar-refractivity contribution in [1.29, 1.82) is 0 Å². The maximum absolute atomic E-state index is 15.6. The maximum atomic E-state index is 15.6. The minimum absolute atomic E-state index is 0.0795.